The fraction of sp³-hybridized carbons (Fsp3) is 0.241. The number of para-hydroxylation sites is 2. The third-order valence-corrected chi connectivity index (χ3v) is 8.01. The normalized spacial score (nSPS) is 14.4. The van der Waals surface area contributed by atoms with Crippen LogP contribution >= 0.6 is 11.8 Å². The number of aliphatic hydroxyl groups is 1. The number of rotatable bonds is 7. The SMILES string of the molecule is COc1ccc2cc3[n+](cc2c1OCC(O)CSc1nc2ccccc2[nH]1)CCc1cc2c(cc1-3)OCO2. The average Bonchev–Trinajstić information content (AvgIpc) is 3.58. The predicted molar refractivity (Wildman–Crippen MR) is 144 cm³/mol. The van der Waals surface area contributed by atoms with Crippen LogP contribution in [0.25, 0.3) is 33.1 Å². The monoisotopic (exact) mass is 528 g/mol. The maximum atomic E-state index is 10.7. The molecule has 2 aliphatic heterocycles. The first-order valence-corrected chi connectivity index (χ1v) is 13.5. The number of aromatic nitrogens is 3. The van der Waals surface area contributed by atoms with Crippen molar-refractivity contribution in [1.82, 2.24) is 9.97 Å². The molecular weight excluding hydrogens is 502 g/mol. The Morgan fingerprint density at radius 1 is 1.13 bits per heavy atom. The van der Waals surface area contributed by atoms with Crippen molar-refractivity contribution in [2.45, 2.75) is 24.2 Å². The highest BCUT2D eigenvalue weighted by Crippen LogP contribution is 2.41. The van der Waals surface area contributed by atoms with Crippen LogP contribution in [0.1, 0.15) is 5.56 Å². The van der Waals surface area contributed by atoms with Gasteiger partial charge in [-0.25, -0.2) is 4.98 Å². The number of methoxy groups -OCH3 is 1. The highest BCUT2D eigenvalue weighted by Gasteiger charge is 2.28. The first-order valence-electron chi connectivity index (χ1n) is 12.5. The van der Waals surface area contributed by atoms with Crippen molar-refractivity contribution in [3.8, 4) is 34.3 Å². The van der Waals surface area contributed by atoms with E-state index >= 15 is 0 Å². The van der Waals surface area contributed by atoms with Gasteiger partial charge in [-0.05, 0) is 47.3 Å². The molecule has 2 aromatic heterocycles. The quantitative estimate of drug-likeness (QED) is 0.238. The number of fused-ring (bicyclic) bond motifs is 6. The van der Waals surface area contributed by atoms with E-state index in [1.54, 1.807) is 7.11 Å². The molecule has 38 heavy (non-hydrogen) atoms. The Hall–Kier alpha value is -3.95. The highest BCUT2D eigenvalue weighted by atomic mass is 32.2. The molecule has 0 fully saturated rings. The minimum absolute atomic E-state index is 0.136. The molecule has 2 aliphatic rings. The number of imidazole rings is 1. The summed E-state index contributed by atoms with van der Waals surface area (Å²) in [4.78, 5) is 7.84. The van der Waals surface area contributed by atoms with Crippen molar-refractivity contribution < 1.29 is 28.6 Å². The van der Waals surface area contributed by atoms with Gasteiger partial charge in [0.05, 0.1) is 35.2 Å². The van der Waals surface area contributed by atoms with Crippen LogP contribution in [-0.4, -0.2) is 47.4 Å². The number of H-pyrrole nitrogens is 1. The van der Waals surface area contributed by atoms with Gasteiger partial charge in [0.2, 0.25) is 12.5 Å². The lowest BCUT2D eigenvalue weighted by Crippen LogP contribution is -2.40. The van der Waals surface area contributed by atoms with Crippen LogP contribution in [0.15, 0.2) is 66.0 Å². The Balaban J connectivity index is 1.14. The van der Waals surface area contributed by atoms with Crippen molar-refractivity contribution >= 4 is 33.6 Å². The number of hydrogen-bond donors (Lipinski definition) is 2. The molecule has 0 spiro atoms. The molecule has 4 heterocycles. The Labute approximate surface area is 223 Å². The number of ether oxygens (including phenoxy) is 4. The largest absolute Gasteiger partial charge is 0.493 e. The molecule has 0 bridgehead atoms. The number of nitrogens with one attached hydrogen (secondary N) is 1. The van der Waals surface area contributed by atoms with Crippen LogP contribution in [0.3, 0.4) is 0 Å². The Kier molecular flexibility index (Phi) is 5.74. The fourth-order valence-corrected chi connectivity index (χ4v) is 5.90. The number of hydrogen-bond acceptors (Lipinski definition) is 7. The summed E-state index contributed by atoms with van der Waals surface area (Å²) in [5, 5.41) is 13.5. The number of thioether (sulfide) groups is 1. The Bertz CT molecular complexity index is 1650. The summed E-state index contributed by atoms with van der Waals surface area (Å²) in [6.45, 7) is 1.24. The van der Waals surface area contributed by atoms with E-state index in [1.165, 1.54) is 17.3 Å². The first-order chi connectivity index (χ1) is 18.7. The molecule has 7 rings (SSSR count). The number of aromatic amines is 1. The van der Waals surface area contributed by atoms with Crippen LogP contribution in [-0.2, 0) is 13.0 Å². The molecule has 0 aliphatic carbocycles. The van der Waals surface area contributed by atoms with Crippen LogP contribution < -0.4 is 23.5 Å². The average molecular weight is 529 g/mol. The summed E-state index contributed by atoms with van der Waals surface area (Å²) in [6, 6.07) is 18.2. The smallest absolute Gasteiger partial charge is 0.231 e. The summed E-state index contributed by atoms with van der Waals surface area (Å²) in [6.07, 6.45) is 2.33. The third kappa shape index (κ3) is 4.08. The standard InChI is InChI=1S/C29H26N3O5S/c1-34-25-7-6-17-10-24-20-12-27-26(36-16-37-27)11-18(20)8-9-32(24)13-21(17)28(25)35-14-19(33)15-38-29-30-22-4-2-3-5-23(22)31-29/h2-7,10-13,19,33H,8-9,14-16H2,1H3,(H,30,31)/q+1. The van der Waals surface area contributed by atoms with E-state index in [1.807, 2.05) is 36.4 Å². The third-order valence-electron chi connectivity index (χ3n) is 7.00. The first kappa shape index (κ1) is 23.2. The fourth-order valence-electron chi connectivity index (χ4n) is 5.11. The van der Waals surface area contributed by atoms with E-state index < -0.39 is 6.10 Å². The molecule has 1 atom stereocenters. The van der Waals surface area contributed by atoms with E-state index in [-0.39, 0.29) is 13.4 Å². The molecular formula is C29H26N3O5S+. The molecule has 5 aromatic rings. The van der Waals surface area contributed by atoms with E-state index in [9.17, 15) is 5.11 Å². The van der Waals surface area contributed by atoms with E-state index in [4.69, 9.17) is 18.9 Å². The zero-order valence-electron chi connectivity index (χ0n) is 20.8. The molecule has 0 saturated carbocycles. The number of aryl methyl sites for hydroxylation is 2. The van der Waals surface area contributed by atoms with Gasteiger partial charge in [0.1, 0.15) is 6.61 Å². The molecule has 1 unspecified atom stereocenters. The lowest BCUT2D eigenvalue weighted by atomic mass is 9.95. The summed E-state index contributed by atoms with van der Waals surface area (Å²) < 4.78 is 25.3. The minimum Gasteiger partial charge on any atom is -0.493 e. The Morgan fingerprint density at radius 3 is 2.87 bits per heavy atom. The molecule has 3 aromatic carbocycles. The van der Waals surface area contributed by atoms with Gasteiger partial charge in [0.15, 0.2) is 40.9 Å². The predicted octanol–water partition coefficient (Wildman–Crippen LogP) is 4.50. The summed E-state index contributed by atoms with van der Waals surface area (Å²) in [5.74, 6) is 3.31. The lowest BCUT2D eigenvalue weighted by Gasteiger charge is -2.18. The molecule has 0 radical (unpaired) electrons. The van der Waals surface area contributed by atoms with Gasteiger partial charge in [-0.1, -0.05) is 23.9 Å². The second-order valence-corrected chi connectivity index (χ2v) is 10.4. The van der Waals surface area contributed by atoms with Crippen LogP contribution in [0.5, 0.6) is 23.0 Å². The van der Waals surface area contributed by atoms with Gasteiger partial charge >= 0.3 is 0 Å². The molecule has 192 valence electrons. The van der Waals surface area contributed by atoms with E-state index in [0.29, 0.717) is 17.3 Å². The topological polar surface area (TPSA) is 89.7 Å². The van der Waals surface area contributed by atoms with Crippen molar-refractivity contribution in [1.29, 1.82) is 0 Å². The van der Waals surface area contributed by atoms with Gasteiger partial charge in [0.25, 0.3) is 0 Å². The molecule has 0 amide bonds. The summed E-state index contributed by atoms with van der Waals surface area (Å²) in [7, 11) is 1.63. The van der Waals surface area contributed by atoms with E-state index in [0.717, 1.165) is 62.7 Å². The highest BCUT2D eigenvalue weighted by molar-refractivity contribution is 7.99. The zero-order chi connectivity index (χ0) is 25.6. The molecule has 2 N–H and O–H groups in total. The van der Waals surface area contributed by atoms with E-state index in [2.05, 4.69) is 38.9 Å². The van der Waals surface area contributed by atoms with Crippen molar-refractivity contribution in [3.05, 3.63) is 66.4 Å². The van der Waals surface area contributed by atoms with Gasteiger partial charge in [-0.3, -0.25) is 0 Å². The van der Waals surface area contributed by atoms with Gasteiger partial charge in [-0.15, -0.1) is 0 Å². The van der Waals surface area contributed by atoms with Crippen molar-refractivity contribution in [2.24, 2.45) is 0 Å². The van der Waals surface area contributed by atoms with Gasteiger partial charge < -0.3 is 29.0 Å². The maximum absolute atomic E-state index is 10.7. The lowest BCUT2D eigenvalue weighted by molar-refractivity contribution is -0.686. The zero-order valence-corrected chi connectivity index (χ0v) is 21.6. The maximum Gasteiger partial charge on any atom is 0.231 e. The number of benzene rings is 3. The van der Waals surface area contributed by atoms with Gasteiger partial charge in [0, 0.05) is 18.2 Å². The van der Waals surface area contributed by atoms with Gasteiger partial charge in [-0.2, -0.15) is 4.57 Å². The van der Waals surface area contributed by atoms with Crippen LogP contribution in [0.4, 0.5) is 0 Å². The second kappa shape index (κ2) is 9.41. The van der Waals surface area contributed by atoms with Crippen LogP contribution in [0.2, 0.25) is 0 Å². The molecule has 0 saturated heterocycles. The number of nitrogens with zero attached hydrogens (tertiary/aromatic N) is 2. The van der Waals surface area contributed by atoms with Crippen molar-refractivity contribution in [3.63, 3.8) is 0 Å². The second-order valence-electron chi connectivity index (χ2n) is 9.40. The summed E-state index contributed by atoms with van der Waals surface area (Å²) >= 11 is 1.47. The van der Waals surface area contributed by atoms with Crippen molar-refractivity contribution in [2.75, 3.05) is 26.3 Å². The number of pyridine rings is 1. The number of aliphatic hydroxyl groups excluding tert-OH is 1. The molecule has 8 nitrogen and oxygen atoms in total. The minimum atomic E-state index is -0.686. The van der Waals surface area contributed by atoms with Crippen LogP contribution in [0, 0.1) is 0 Å². The summed E-state index contributed by atoms with van der Waals surface area (Å²) in [5.41, 5.74) is 5.42. The molecule has 9 heteroatoms. The Morgan fingerprint density at radius 2 is 2.00 bits per heavy atom.